The van der Waals surface area contributed by atoms with Gasteiger partial charge < -0.3 is 5.32 Å². The molecule has 0 fully saturated rings. The Balaban J connectivity index is 2.85. The summed E-state index contributed by atoms with van der Waals surface area (Å²) in [4.78, 5) is 11.7. The van der Waals surface area contributed by atoms with Gasteiger partial charge in [0, 0.05) is 15.6 Å². The predicted octanol–water partition coefficient (Wildman–Crippen LogP) is 3.03. The van der Waals surface area contributed by atoms with E-state index in [0.29, 0.717) is 22.0 Å². The van der Waals surface area contributed by atoms with E-state index in [-0.39, 0.29) is 5.91 Å². The van der Waals surface area contributed by atoms with Gasteiger partial charge in [0.25, 0.3) is 5.91 Å². The van der Waals surface area contributed by atoms with E-state index in [4.69, 9.17) is 28.5 Å². The van der Waals surface area contributed by atoms with Crippen LogP contribution in [0.2, 0.25) is 10.0 Å². The van der Waals surface area contributed by atoms with E-state index < -0.39 is 6.04 Å². The fraction of sp³-hybridized carbons (Fsp3) is 0.273. The molecule has 0 aliphatic rings. The monoisotopic (exact) mass is 256 g/mol. The third-order valence-corrected chi connectivity index (χ3v) is 2.43. The maximum atomic E-state index is 11.7. The third kappa shape index (κ3) is 3.41. The van der Waals surface area contributed by atoms with Gasteiger partial charge in [-0.3, -0.25) is 4.79 Å². The molecular formula is C11H10Cl2N2O. The second-order valence-corrected chi connectivity index (χ2v) is 4.09. The average Bonchev–Trinajstić information content (AvgIpc) is 2.24. The Morgan fingerprint density at radius 3 is 2.44 bits per heavy atom. The minimum absolute atomic E-state index is 0.349. The Hall–Kier alpha value is -1.24. The highest BCUT2D eigenvalue weighted by Crippen LogP contribution is 2.19. The van der Waals surface area contributed by atoms with Gasteiger partial charge in [0.1, 0.15) is 6.04 Å². The van der Waals surface area contributed by atoms with Gasteiger partial charge in [-0.15, -0.1) is 0 Å². The summed E-state index contributed by atoms with van der Waals surface area (Å²) in [5, 5.41) is 12.1. The summed E-state index contributed by atoms with van der Waals surface area (Å²) in [5.74, 6) is -0.349. The first kappa shape index (κ1) is 12.8. The Bertz CT molecular complexity index is 420. The van der Waals surface area contributed by atoms with Crippen molar-refractivity contribution in [2.45, 2.75) is 19.4 Å². The largest absolute Gasteiger partial charge is 0.336 e. The average molecular weight is 257 g/mol. The van der Waals surface area contributed by atoms with Gasteiger partial charge in [-0.1, -0.05) is 30.1 Å². The molecule has 0 aliphatic carbocycles. The van der Waals surface area contributed by atoms with Crippen LogP contribution in [0.4, 0.5) is 0 Å². The molecule has 1 N–H and O–H groups in total. The van der Waals surface area contributed by atoms with Crippen molar-refractivity contribution in [1.82, 2.24) is 5.32 Å². The van der Waals surface area contributed by atoms with Crippen molar-refractivity contribution in [2.24, 2.45) is 0 Å². The molecule has 16 heavy (non-hydrogen) atoms. The molecule has 1 unspecified atom stereocenters. The Kier molecular flexibility index (Phi) is 4.60. The molecule has 5 heteroatoms. The first-order chi connectivity index (χ1) is 7.56. The number of nitrogens with zero attached hydrogens (tertiary/aromatic N) is 1. The molecule has 0 saturated carbocycles. The van der Waals surface area contributed by atoms with Crippen LogP contribution in [0, 0.1) is 11.3 Å². The number of nitrogens with one attached hydrogen (secondary N) is 1. The summed E-state index contributed by atoms with van der Waals surface area (Å²) < 4.78 is 0. The van der Waals surface area contributed by atoms with E-state index in [0.717, 1.165) is 0 Å². The Morgan fingerprint density at radius 2 is 2.00 bits per heavy atom. The van der Waals surface area contributed by atoms with Crippen molar-refractivity contribution >= 4 is 29.1 Å². The summed E-state index contributed by atoms with van der Waals surface area (Å²) in [6, 6.07) is 6.05. The second kappa shape index (κ2) is 5.74. The quantitative estimate of drug-likeness (QED) is 0.904. The van der Waals surface area contributed by atoms with Gasteiger partial charge in [-0.2, -0.15) is 5.26 Å². The van der Waals surface area contributed by atoms with Crippen molar-refractivity contribution in [3.05, 3.63) is 33.8 Å². The number of benzene rings is 1. The Labute approximate surface area is 104 Å². The summed E-state index contributed by atoms with van der Waals surface area (Å²) >= 11 is 11.5. The zero-order chi connectivity index (χ0) is 12.1. The highest BCUT2D eigenvalue weighted by atomic mass is 35.5. The molecule has 0 heterocycles. The Morgan fingerprint density at radius 1 is 1.44 bits per heavy atom. The van der Waals surface area contributed by atoms with E-state index in [1.165, 1.54) is 12.1 Å². The van der Waals surface area contributed by atoms with Crippen LogP contribution in [-0.2, 0) is 0 Å². The molecule has 0 bridgehead atoms. The minimum atomic E-state index is -0.495. The lowest BCUT2D eigenvalue weighted by Crippen LogP contribution is -2.33. The number of nitriles is 1. The van der Waals surface area contributed by atoms with E-state index >= 15 is 0 Å². The van der Waals surface area contributed by atoms with Crippen LogP contribution in [0.25, 0.3) is 0 Å². The van der Waals surface area contributed by atoms with Crippen molar-refractivity contribution in [3.8, 4) is 6.07 Å². The second-order valence-electron chi connectivity index (χ2n) is 3.22. The number of halogens is 2. The topological polar surface area (TPSA) is 52.9 Å². The van der Waals surface area contributed by atoms with Gasteiger partial charge in [0.05, 0.1) is 6.07 Å². The molecule has 1 atom stereocenters. The summed E-state index contributed by atoms with van der Waals surface area (Å²) in [7, 11) is 0. The molecule has 0 aliphatic heterocycles. The fourth-order valence-electron chi connectivity index (χ4n) is 1.15. The van der Waals surface area contributed by atoms with Crippen molar-refractivity contribution in [3.63, 3.8) is 0 Å². The highest BCUT2D eigenvalue weighted by molar-refractivity contribution is 6.35. The lowest BCUT2D eigenvalue weighted by molar-refractivity contribution is 0.0944. The molecule has 0 spiro atoms. The van der Waals surface area contributed by atoms with E-state index in [2.05, 4.69) is 5.32 Å². The van der Waals surface area contributed by atoms with Crippen LogP contribution in [0.1, 0.15) is 23.7 Å². The van der Waals surface area contributed by atoms with Crippen LogP contribution in [-0.4, -0.2) is 11.9 Å². The standard InChI is InChI=1S/C11H10Cl2N2O/c1-2-10(6-14)15-11(16)7-3-8(12)5-9(13)4-7/h3-5,10H,2H2,1H3,(H,15,16). The molecule has 1 rings (SSSR count). The van der Waals surface area contributed by atoms with Gasteiger partial charge in [0.15, 0.2) is 0 Å². The van der Waals surface area contributed by atoms with Gasteiger partial charge in [-0.05, 0) is 24.6 Å². The summed E-state index contributed by atoms with van der Waals surface area (Å²) in [6.07, 6.45) is 0.552. The smallest absolute Gasteiger partial charge is 0.252 e. The lowest BCUT2D eigenvalue weighted by atomic mass is 10.2. The van der Waals surface area contributed by atoms with Crippen molar-refractivity contribution in [1.29, 1.82) is 5.26 Å². The maximum absolute atomic E-state index is 11.7. The zero-order valence-corrected chi connectivity index (χ0v) is 10.1. The highest BCUT2D eigenvalue weighted by Gasteiger charge is 2.12. The van der Waals surface area contributed by atoms with E-state index in [1.54, 1.807) is 6.07 Å². The van der Waals surface area contributed by atoms with Crippen LogP contribution in [0.3, 0.4) is 0 Å². The molecule has 84 valence electrons. The SMILES string of the molecule is CCC(C#N)NC(=O)c1cc(Cl)cc(Cl)c1. The molecule has 0 saturated heterocycles. The molecule has 1 aromatic rings. The van der Waals surface area contributed by atoms with Crippen molar-refractivity contribution in [2.75, 3.05) is 0 Å². The summed E-state index contributed by atoms with van der Waals surface area (Å²) in [5.41, 5.74) is 0.353. The van der Waals surface area contributed by atoms with Crippen LogP contribution in [0.15, 0.2) is 18.2 Å². The number of amides is 1. The predicted molar refractivity (Wildman–Crippen MR) is 63.6 cm³/mol. The number of carbonyl (C=O) groups is 1. The number of hydrogen-bond donors (Lipinski definition) is 1. The zero-order valence-electron chi connectivity index (χ0n) is 8.63. The van der Waals surface area contributed by atoms with E-state index in [9.17, 15) is 4.79 Å². The third-order valence-electron chi connectivity index (χ3n) is 1.99. The molecule has 1 amide bonds. The van der Waals surface area contributed by atoms with Gasteiger partial charge >= 0.3 is 0 Å². The molecule has 1 aromatic carbocycles. The first-order valence-corrected chi connectivity index (χ1v) is 5.49. The molecule has 0 aromatic heterocycles. The first-order valence-electron chi connectivity index (χ1n) is 4.73. The van der Waals surface area contributed by atoms with Crippen LogP contribution in [0.5, 0.6) is 0 Å². The fourth-order valence-corrected chi connectivity index (χ4v) is 1.68. The molecule has 3 nitrogen and oxygen atoms in total. The van der Waals surface area contributed by atoms with Crippen molar-refractivity contribution < 1.29 is 4.79 Å². The van der Waals surface area contributed by atoms with Gasteiger partial charge in [0.2, 0.25) is 0 Å². The number of hydrogen-bond acceptors (Lipinski definition) is 2. The normalized spacial score (nSPS) is 11.6. The van der Waals surface area contributed by atoms with Gasteiger partial charge in [-0.25, -0.2) is 0 Å². The summed E-state index contributed by atoms with van der Waals surface area (Å²) in [6.45, 7) is 1.82. The maximum Gasteiger partial charge on any atom is 0.252 e. The lowest BCUT2D eigenvalue weighted by Gasteiger charge is -2.09. The molecule has 0 radical (unpaired) electrons. The van der Waals surface area contributed by atoms with E-state index in [1.807, 2.05) is 13.0 Å². The number of rotatable bonds is 3. The molecular weight excluding hydrogens is 247 g/mol. The minimum Gasteiger partial charge on any atom is -0.336 e. The number of carbonyl (C=O) groups excluding carboxylic acids is 1. The van der Waals surface area contributed by atoms with Crippen LogP contribution < -0.4 is 5.32 Å². The van der Waals surface area contributed by atoms with Crippen LogP contribution >= 0.6 is 23.2 Å².